The molecule has 4 aromatic rings. The van der Waals surface area contributed by atoms with Gasteiger partial charge < -0.3 is 25.2 Å². The zero-order valence-corrected chi connectivity index (χ0v) is 25.2. The van der Waals surface area contributed by atoms with Crippen LogP contribution in [0.3, 0.4) is 0 Å². The van der Waals surface area contributed by atoms with Crippen LogP contribution in [0, 0.1) is 5.92 Å². The molecule has 2 saturated heterocycles. The third-order valence-corrected chi connectivity index (χ3v) is 8.25. The third kappa shape index (κ3) is 6.85. The van der Waals surface area contributed by atoms with E-state index in [2.05, 4.69) is 30.7 Å². The Morgan fingerprint density at radius 2 is 2.00 bits per heavy atom. The quantitative estimate of drug-likeness (QED) is 0.291. The van der Waals surface area contributed by atoms with Crippen molar-refractivity contribution in [3.05, 3.63) is 59.6 Å². The number of halogens is 2. The van der Waals surface area contributed by atoms with Crippen LogP contribution in [0.4, 0.5) is 10.1 Å². The van der Waals surface area contributed by atoms with Gasteiger partial charge in [-0.05, 0) is 43.0 Å². The van der Waals surface area contributed by atoms with E-state index in [-0.39, 0.29) is 29.5 Å². The molecule has 1 unspecified atom stereocenters. The predicted molar refractivity (Wildman–Crippen MR) is 163 cm³/mol. The second-order valence-corrected chi connectivity index (χ2v) is 11.6. The van der Waals surface area contributed by atoms with Crippen molar-refractivity contribution in [1.29, 1.82) is 0 Å². The van der Waals surface area contributed by atoms with E-state index in [1.165, 1.54) is 22.3 Å². The van der Waals surface area contributed by atoms with Gasteiger partial charge in [0, 0.05) is 81.9 Å². The number of piperidine rings is 1. The molecule has 0 spiro atoms. The highest BCUT2D eigenvalue weighted by molar-refractivity contribution is 6.31. The Labute approximate surface area is 259 Å². The molecule has 2 amide bonds. The number of piperazine rings is 1. The minimum absolute atomic E-state index is 0.0279. The van der Waals surface area contributed by atoms with Gasteiger partial charge in [0.15, 0.2) is 5.65 Å². The topological polar surface area (TPSA) is 122 Å². The minimum Gasteiger partial charge on any atom is -0.460 e. The molecule has 5 heterocycles. The lowest BCUT2D eigenvalue weighted by atomic mass is 9.96. The maximum atomic E-state index is 13.9. The molecular formula is C30H35ClFN9O3. The molecule has 2 N–H and O–H groups in total. The Kier molecular flexibility index (Phi) is 9.05. The number of carbonyl (C=O) groups is 2. The van der Waals surface area contributed by atoms with E-state index in [0.29, 0.717) is 40.9 Å². The first-order valence-corrected chi connectivity index (χ1v) is 15.2. The van der Waals surface area contributed by atoms with E-state index < -0.39 is 12.3 Å². The maximum absolute atomic E-state index is 13.9. The second kappa shape index (κ2) is 13.3. The number of nitrogens with one attached hydrogen (secondary N) is 2. The number of benzene rings is 1. The number of fused-ring (bicyclic) bond motifs is 1. The van der Waals surface area contributed by atoms with Crippen LogP contribution in [0.25, 0.3) is 16.9 Å². The van der Waals surface area contributed by atoms with Gasteiger partial charge in [-0.3, -0.25) is 14.3 Å². The van der Waals surface area contributed by atoms with Gasteiger partial charge in [-0.1, -0.05) is 11.6 Å². The SMILES string of the molecule is CC(F)Oc1ccc(Cl)cc1-c1nn(CC(=O)N2CCC(CN3CCNCC3)CC2)cc1NC(=O)c1cnn2cccnc12. The third-order valence-electron chi connectivity index (χ3n) is 8.01. The second-order valence-electron chi connectivity index (χ2n) is 11.2. The number of carbonyl (C=O) groups excluding carboxylic acids is 2. The number of hydrogen-bond donors (Lipinski definition) is 2. The van der Waals surface area contributed by atoms with Crippen LogP contribution in [0.2, 0.25) is 5.02 Å². The van der Waals surface area contributed by atoms with Gasteiger partial charge in [-0.25, -0.2) is 13.9 Å². The Hall–Kier alpha value is -4.07. The first kappa shape index (κ1) is 30.0. The summed E-state index contributed by atoms with van der Waals surface area (Å²) in [6.07, 6.45) is 6.59. The summed E-state index contributed by atoms with van der Waals surface area (Å²) in [4.78, 5) is 35.4. The van der Waals surface area contributed by atoms with Crippen LogP contribution in [-0.4, -0.2) is 98.2 Å². The molecule has 232 valence electrons. The van der Waals surface area contributed by atoms with Gasteiger partial charge in [0.25, 0.3) is 5.91 Å². The smallest absolute Gasteiger partial charge is 0.261 e. The number of aromatic nitrogens is 5. The summed E-state index contributed by atoms with van der Waals surface area (Å²) in [5.41, 5.74) is 1.58. The number of amides is 2. The van der Waals surface area contributed by atoms with E-state index in [9.17, 15) is 14.0 Å². The number of anilines is 1. The first-order valence-electron chi connectivity index (χ1n) is 14.8. The van der Waals surface area contributed by atoms with Crippen molar-refractivity contribution in [3.63, 3.8) is 0 Å². The van der Waals surface area contributed by atoms with E-state index in [4.69, 9.17) is 16.3 Å². The Bertz CT molecular complexity index is 1630. The fourth-order valence-electron chi connectivity index (χ4n) is 5.80. The molecule has 2 fully saturated rings. The van der Waals surface area contributed by atoms with Crippen LogP contribution < -0.4 is 15.4 Å². The number of alkyl halides is 1. The predicted octanol–water partition coefficient (Wildman–Crippen LogP) is 3.34. The van der Waals surface area contributed by atoms with E-state index >= 15 is 0 Å². The van der Waals surface area contributed by atoms with Crippen molar-refractivity contribution in [3.8, 4) is 17.0 Å². The lowest BCUT2D eigenvalue weighted by Gasteiger charge is -2.36. The highest BCUT2D eigenvalue weighted by Gasteiger charge is 2.27. The van der Waals surface area contributed by atoms with Crippen molar-refractivity contribution in [2.45, 2.75) is 32.7 Å². The van der Waals surface area contributed by atoms with Crippen LogP contribution in [0.5, 0.6) is 5.75 Å². The molecule has 3 aromatic heterocycles. The van der Waals surface area contributed by atoms with Crippen LogP contribution in [-0.2, 0) is 11.3 Å². The molecule has 0 aliphatic carbocycles. The molecule has 12 nitrogen and oxygen atoms in total. The van der Waals surface area contributed by atoms with Crippen LogP contribution >= 0.6 is 11.6 Å². The van der Waals surface area contributed by atoms with Crippen molar-refractivity contribution in [2.75, 3.05) is 51.1 Å². The molecule has 1 aromatic carbocycles. The van der Waals surface area contributed by atoms with E-state index in [1.807, 2.05) is 4.90 Å². The van der Waals surface area contributed by atoms with Crippen molar-refractivity contribution in [1.82, 2.24) is 39.5 Å². The van der Waals surface area contributed by atoms with Gasteiger partial charge in [0.05, 0.1) is 11.9 Å². The highest BCUT2D eigenvalue weighted by atomic mass is 35.5. The summed E-state index contributed by atoms with van der Waals surface area (Å²) in [5, 5.41) is 15.5. The fourth-order valence-corrected chi connectivity index (χ4v) is 5.97. The van der Waals surface area contributed by atoms with Gasteiger partial charge >= 0.3 is 0 Å². The zero-order valence-electron chi connectivity index (χ0n) is 24.5. The largest absolute Gasteiger partial charge is 0.460 e. The average molecular weight is 624 g/mol. The fraction of sp³-hybridized carbons (Fsp3) is 0.433. The molecular weight excluding hydrogens is 589 g/mol. The lowest BCUT2D eigenvalue weighted by Crippen LogP contribution is -2.47. The average Bonchev–Trinajstić information content (AvgIpc) is 3.63. The summed E-state index contributed by atoms with van der Waals surface area (Å²) in [6.45, 7) is 7.87. The number of rotatable bonds is 9. The summed E-state index contributed by atoms with van der Waals surface area (Å²) >= 11 is 6.32. The van der Waals surface area contributed by atoms with Gasteiger partial charge in [0.1, 0.15) is 23.6 Å². The molecule has 2 aliphatic heterocycles. The summed E-state index contributed by atoms with van der Waals surface area (Å²) in [5.74, 6) is 0.231. The number of ether oxygens (including phenoxy) is 1. The molecule has 0 radical (unpaired) electrons. The molecule has 2 aliphatic rings. The molecule has 0 bridgehead atoms. The number of nitrogens with zero attached hydrogens (tertiary/aromatic N) is 7. The minimum atomic E-state index is -1.60. The van der Waals surface area contributed by atoms with Crippen molar-refractivity contribution in [2.24, 2.45) is 5.92 Å². The summed E-state index contributed by atoms with van der Waals surface area (Å²) < 4.78 is 22.3. The zero-order chi connectivity index (χ0) is 30.6. The van der Waals surface area contributed by atoms with E-state index in [1.54, 1.807) is 42.9 Å². The van der Waals surface area contributed by atoms with Gasteiger partial charge in [0.2, 0.25) is 12.3 Å². The normalized spacial score (nSPS) is 17.1. The molecule has 44 heavy (non-hydrogen) atoms. The Balaban J connectivity index is 1.22. The van der Waals surface area contributed by atoms with Gasteiger partial charge in [-0.15, -0.1) is 0 Å². The van der Waals surface area contributed by atoms with Crippen molar-refractivity contribution >= 4 is 34.7 Å². The standard InChI is InChI=1S/C30H35ClFN9O3/c1-20(32)44-26-4-3-22(31)15-23(26)28-25(36-30(43)24-16-35-41-10-2-7-34-29(24)41)18-40(37-28)19-27(42)39-11-5-21(6-12-39)17-38-13-8-33-9-14-38/h2-4,7,10,15-16,18,20-21,33H,5-6,8-9,11-14,17,19H2,1H3,(H,36,43). The Morgan fingerprint density at radius 1 is 1.20 bits per heavy atom. The lowest BCUT2D eigenvalue weighted by molar-refractivity contribution is -0.133. The number of likely N-dealkylation sites (tertiary alicyclic amines) is 1. The number of hydrogen-bond acceptors (Lipinski definition) is 8. The summed E-state index contributed by atoms with van der Waals surface area (Å²) in [7, 11) is 0. The summed E-state index contributed by atoms with van der Waals surface area (Å²) in [6, 6.07) is 6.42. The molecule has 14 heteroatoms. The monoisotopic (exact) mass is 623 g/mol. The molecule has 1 atom stereocenters. The van der Waals surface area contributed by atoms with Crippen molar-refractivity contribution < 1.29 is 18.7 Å². The van der Waals surface area contributed by atoms with Gasteiger partial charge in [-0.2, -0.15) is 10.2 Å². The van der Waals surface area contributed by atoms with Crippen LogP contribution in [0.1, 0.15) is 30.1 Å². The van der Waals surface area contributed by atoms with Crippen LogP contribution in [0.15, 0.2) is 49.1 Å². The molecule has 6 rings (SSSR count). The van der Waals surface area contributed by atoms with E-state index in [0.717, 1.165) is 45.6 Å². The Morgan fingerprint density at radius 3 is 2.77 bits per heavy atom. The highest BCUT2D eigenvalue weighted by Crippen LogP contribution is 2.37. The molecule has 0 saturated carbocycles. The maximum Gasteiger partial charge on any atom is 0.261 e. The first-order chi connectivity index (χ1) is 21.3.